The van der Waals surface area contributed by atoms with Gasteiger partial charge in [-0.1, -0.05) is 42.5 Å². The first-order valence-corrected chi connectivity index (χ1v) is 13.3. The summed E-state index contributed by atoms with van der Waals surface area (Å²) >= 11 is 0. The molecule has 8 nitrogen and oxygen atoms in total. The van der Waals surface area contributed by atoms with Crippen molar-refractivity contribution < 1.29 is 13.9 Å². The maximum absolute atomic E-state index is 14.4. The zero-order valence-electron chi connectivity index (χ0n) is 22.6. The van der Waals surface area contributed by atoms with E-state index in [4.69, 9.17) is 14.5 Å². The lowest BCUT2D eigenvalue weighted by molar-refractivity contribution is 0.305. The molecule has 7 rings (SSSR count). The first-order valence-electron chi connectivity index (χ1n) is 13.3. The third-order valence-corrected chi connectivity index (χ3v) is 7.05. The van der Waals surface area contributed by atoms with Gasteiger partial charge >= 0.3 is 0 Å². The van der Waals surface area contributed by atoms with Crippen LogP contribution in [-0.2, 0) is 6.61 Å². The van der Waals surface area contributed by atoms with Crippen molar-refractivity contribution in [3.8, 4) is 34.1 Å². The van der Waals surface area contributed by atoms with Crippen LogP contribution >= 0.6 is 0 Å². The van der Waals surface area contributed by atoms with E-state index in [1.165, 1.54) is 19.2 Å². The fourth-order valence-corrected chi connectivity index (χ4v) is 4.99. The Morgan fingerprint density at radius 3 is 2.64 bits per heavy atom. The number of allylic oxidation sites excluding steroid dienone is 2. The molecule has 0 spiro atoms. The molecule has 4 heterocycles. The molecule has 42 heavy (non-hydrogen) atoms. The van der Waals surface area contributed by atoms with E-state index < -0.39 is 0 Å². The van der Waals surface area contributed by atoms with E-state index in [-0.39, 0.29) is 5.82 Å². The topological polar surface area (TPSA) is 101 Å². The molecule has 3 aromatic heterocycles. The molecule has 0 amide bonds. The van der Waals surface area contributed by atoms with Crippen molar-refractivity contribution >= 4 is 22.3 Å². The van der Waals surface area contributed by atoms with Crippen LogP contribution < -0.4 is 14.8 Å². The van der Waals surface area contributed by atoms with Gasteiger partial charge in [-0.15, -0.1) is 0 Å². The van der Waals surface area contributed by atoms with E-state index in [1.807, 2.05) is 66.9 Å². The molecule has 0 unspecified atom stereocenters. The van der Waals surface area contributed by atoms with Crippen LogP contribution in [0.5, 0.6) is 11.5 Å². The number of aromatic nitrogens is 5. The van der Waals surface area contributed by atoms with Crippen LogP contribution in [0.15, 0.2) is 104 Å². The molecule has 6 aromatic rings. The number of benzene rings is 3. The Hall–Kier alpha value is -5.70. The molecular weight excluding hydrogens is 531 g/mol. The SMILES string of the molecule is COc1cc(F)cc(C2=CC=CNc3nc(-c4n[nH]c5ccc(-c6cncc(OCc7ccccc7)c6)cc45)[nH]c32)c1. The number of nitrogens with one attached hydrogen (secondary N) is 3. The van der Waals surface area contributed by atoms with E-state index in [2.05, 4.69) is 31.5 Å². The van der Waals surface area contributed by atoms with Gasteiger partial charge in [0.25, 0.3) is 0 Å². The Bertz CT molecular complexity index is 1980. The average molecular weight is 557 g/mol. The first kappa shape index (κ1) is 25.3. The Kier molecular flexibility index (Phi) is 6.44. The van der Waals surface area contributed by atoms with Crippen molar-refractivity contribution in [2.45, 2.75) is 6.61 Å². The molecule has 1 aliphatic rings. The maximum atomic E-state index is 14.4. The smallest absolute Gasteiger partial charge is 0.161 e. The number of hydrogen-bond acceptors (Lipinski definition) is 6. The number of fused-ring (bicyclic) bond motifs is 2. The van der Waals surface area contributed by atoms with E-state index >= 15 is 0 Å². The van der Waals surface area contributed by atoms with E-state index in [0.717, 1.165) is 33.2 Å². The zero-order chi connectivity index (χ0) is 28.5. The molecule has 0 bridgehead atoms. The van der Waals surface area contributed by atoms with Gasteiger partial charge in [0.2, 0.25) is 0 Å². The van der Waals surface area contributed by atoms with Crippen LogP contribution in [0.1, 0.15) is 16.8 Å². The van der Waals surface area contributed by atoms with Gasteiger partial charge < -0.3 is 19.8 Å². The molecule has 0 radical (unpaired) electrons. The molecule has 3 N–H and O–H groups in total. The van der Waals surface area contributed by atoms with Crippen LogP contribution in [0.2, 0.25) is 0 Å². The number of H-pyrrole nitrogens is 2. The second kappa shape index (κ2) is 10.7. The largest absolute Gasteiger partial charge is 0.497 e. The Morgan fingerprint density at radius 1 is 0.881 bits per heavy atom. The lowest BCUT2D eigenvalue weighted by Crippen LogP contribution is -1.95. The van der Waals surface area contributed by atoms with Crippen molar-refractivity contribution in [3.05, 3.63) is 126 Å². The lowest BCUT2D eigenvalue weighted by atomic mass is 10.0. The number of aromatic amines is 2. The van der Waals surface area contributed by atoms with Crippen molar-refractivity contribution in [2.75, 3.05) is 12.4 Å². The van der Waals surface area contributed by atoms with Gasteiger partial charge in [0.15, 0.2) is 11.6 Å². The van der Waals surface area contributed by atoms with Crippen molar-refractivity contribution in [1.82, 2.24) is 25.1 Å². The second-order valence-corrected chi connectivity index (χ2v) is 9.79. The summed E-state index contributed by atoms with van der Waals surface area (Å²) in [5.41, 5.74) is 6.63. The van der Waals surface area contributed by atoms with Gasteiger partial charge in [0, 0.05) is 35.0 Å². The maximum Gasteiger partial charge on any atom is 0.161 e. The summed E-state index contributed by atoms with van der Waals surface area (Å²) in [6.07, 6.45) is 9.06. The number of halogens is 1. The zero-order valence-corrected chi connectivity index (χ0v) is 22.6. The van der Waals surface area contributed by atoms with Crippen LogP contribution in [0.25, 0.3) is 39.1 Å². The molecular formula is C33H25FN6O2. The van der Waals surface area contributed by atoms with Gasteiger partial charge in [-0.2, -0.15) is 5.10 Å². The standard InChI is InChI=1S/C33H25FN6O2/c1-41-25-13-22(12-24(34)16-25)27-8-5-11-36-32-30(27)37-33(38-32)31-28-15-21(9-10-29(28)39-40-31)23-14-26(18-35-17-23)42-19-20-6-3-2-4-7-20/h2-18,36H,19H2,1H3,(H,37,38)(H,39,40). The van der Waals surface area contributed by atoms with E-state index in [9.17, 15) is 4.39 Å². The lowest BCUT2D eigenvalue weighted by Gasteiger charge is -2.09. The molecule has 9 heteroatoms. The second-order valence-electron chi connectivity index (χ2n) is 9.79. The number of imidazole rings is 1. The van der Waals surface area contributed by atoms with Gasteiger partial charge in [0.1, 0.15) is 29.6 Å². The predicted octanol–water partition coefficient (Wildman–Crippen LogP) is 7.11. The van der Waals surface area contributed by atoms with Crippen LogP contribution in [-0.4, -0.2) is 32.3 Å². The number of anilines is 1. The fraction of sp³-hybridized carbons (Fsp3) is 0.0606. The highest BCUT2D eigenvalue weighted by Gasteiger charge is 2.21. The fourth-order valence-electron chi connectivity index (χ4n) is 4.99. The van der Waals surface area contributed by atoms with Crippen molar-refractivity contribution in [3.63, 3.8) is 0 Å². The summed E-state index contributed by atoms with van der Waals surface area (Å²) in [5.74, 6) is 1.91. The van der Waals surface area contributed by atoms with E-state index in [0.29, 0.717) is 46.7 Å². The van der Waals surface area contributed by atoms with Crippen LogP contribution in [0.3, 0.4) is 0 Å². The Balaban J connectivity index is 1.23. The van der Waals surface area contributed by atoms with E-state index in [1.54, 1.807) is 18.5 Å². The Labute approximate surface area is 240 Å². The van der Waals surface area contributed by atoms with Gasteiger partial charge in [-0.05, 0) is 53.1 Å². The predicted molar refractivity (Wildman–Crippen MR) is 160 cm³/mol. The number of rotatable bonds is 7. The highest BCUT2D eigenvalue weighted by molar-refractivity contribution is 5.95. The minimum absolute atomic E-state index is 0.387. The number of methoxy groups -OCH3 is 1. The quantitative estimate of drug-likeness (QED) is 0.194. The summed E-state index contributed by atoms with van der Waals surface area (Å²) in [4.78, 5) is 12.6. The Morgan fingerprint density at radius 2 is 1.76 bits per heavy atom. The molecule has 0 saturated heterocycles. The summed E-state index contributed by atoms with van der Waals surface area (Å²) in [6.45, 7) is 0.460. The summed E-state index contributed by atoms with van der Waals surface area (Å²) < 4.78 is 25.7. The van der Waals surface area contributed by atoms with Crippen LogP contribution in [0.4, 0.5) is 10.2 Å². The number of ether oxygens (including phenoxy) is 2. The van der Waals surface area contributed by atoms with Gasteiger partial charge in [0.05, 0.1) is 24.5 Å². The molecule has 0 fully saturated rings. The van der Waals surface area contributed by atoms with Crippen LogP contribution in [0, 0.1) is 5.82 Å². The third kappa shape index (κ3) is 4.88. The normalized spacial score (nSPS) is 12.4. The minimum atomic E-state index is -0.387. The summed E-state index contributed by atoms with van der Waals surface area (Å²) in [7, 11) is 1.52. The van der Waals surface area contributed by atoms with Gasteiger partial charge in [-0.3, -0.25) is 10.1 Å². The van der Waals surface area contributed by atoms with Crippen molar-refractivity contribution in [2.24, 2.45) is 0 Å². The molecule has 1 aliphatic heterocycles. The number of pyridine rings is 1. The molecule has 0 aliphatic carbocycles. The molecule has 3 aromatic carbocycles. The number of nitrogens with zero attached hydrogens (tertiary/aromatic N) is 3. The molecule has 0 atom stereocenters. The monoisotopic (exact) mass is 556 g/mol. The highest BCUT2D eigenvalue weighted by atomic mass is 19.1. The third-order valence-electron chi connectivity index (χ3n) is 7.05. The molecule has 0 saturated carbocycles. The highest BCUT2D eigenvalue weighted by Crippen LogP contribution is 2.36. The van der Waals surface area contributed by atoms with Crippen molar-refractivity contribution in [1.29, 1.82) is 0 Å². The summed E-state index contributed by atoms with van der Waals surface area (Å²) in [5, 5.41) is 11.8. The average Bonchev–Trinajstić information content (AvgIpc) is 3.58. The van der Waals surface area contributed by atoms with Gasteiger partial charge in [-0.25, -0.2) is 9.37 Å². The molecule has 206 valence electrons. The minimum Gasteiger partial charge on any atom is -0.497 e. The number of hydrogen-bond donors (Lipinski definition) is 3. The summed E-state index contributed by atoms with van der Waals surface area (Å²) in [6, 6.07) is 22.7. The first-order chi connectivity index (χ1) is 20.6.